The van der Waals surface area contributed by atoms with Gasteiger partial charge in [-0.3, -0.25) is 0 Å². The zero-order valence-corrected chi connectivity index (χ0v) is 16.9. The standard InChI is InChI=1S/C24H22FN3O2/c1-29-21-12-11-16(15-22(21)30-2)13-14-26-23-18-8-4-6-10-20(18)27-24(28-23)17-7-3-5-9-19(17)25/h3-12,15H,13-14H2,1-2H3,(H,26,27,28). The SMILES string of the molecule is COc1ccc(CCNc2nc(-c3ccccc3F)nc3ccccc23)cc1OC. The highest BCUT2D eigenvalue weighted by Gasteiger charge is 2.12. The van der Waals surface area contributed by atoms with Gasteiger partial charge in [0.2, 0.25) is 0 Å². The first-order valence-corrected chi connectivity index (χ1v) is 9.66. The smallest absolute Gasteiger partial charge is 0.165 e. The summed E-state index contributed by atoms with van der Waals surface area (Å²) < 4.78 is 25.0. The van der Waals surface area contributed by atoms with E-state index >= 15 is 0 Å². The Morgan fingerprint density at radius 2 is 1.63 bits per heavy atom. The van der Waals surface area contributed by atoms with Gasteiger partial charge in [0.25, 0.3) is 0 Å². The lowest BCUT2D eigenvalue weighted by Gasteiger charge is -2.12. The van der Waals surface area contributed by atoms with E-state index in [9.17, 15) is 4.39 Å². The Morgan fingerprint density at radius 3 is 2.43 bits per heavy atom. The van der Waals surface area contributed by atoms with Gasteiger partial charge in [0.05, 0.1) is 25.3 Å². The average Bonchev–Trinajstić information content (AvgIpc) is 2.79. The largest absolute Gasteiger partial charge is 0.493 e. The van der Waals surface area contributed by atoms with Crippen molar-refractivity contribution in [3.8, 4) is 22.9 Å². The minimum absolute atomic E-state index is 0.343. The molecule has 4 rings (SSSR count). The van der Waals surface area contributed by atoms with E-state index in [-0.39, 0.29) is 5.82 Å². The van der Waals surface area contributed by atoms with Crippen LogP contribution in [0.25, 0.3) is 22.3 Å². The van der Waals surface area contributed by atoms with Crippen LogP contribution in [0.2, 0.25) is 0 Å². The van der Waals surface area contributed by atoms with E-state index in [0.29, 0.717) is 35.2 Å². The second-order valence-corrected chi connectivity index (χ2v) is 6.76. The van der Waals surface area contributed by atoms with Crippen LogP contribution in [0.15, 0.2) is 66.7 Å². The van der Waals surface area contributed by atoms with Gasteiger partial charge in [0, 0.05) is 11.9 Å². The number of halogens is 1. The highest BCUT2D eigenvalue weighted by atomic mass is 19.1. The quantitative estimate of drug-likeness (QED) is 0.465. The van der Waals surface area contributed by atoms with Crippen molar-refractivity contribution >= 4 is 16.7 Å². The first-order chi connectivity index (χ1) is 14.7. The molecule has 152 valence electrons. The number of rotatable bonds is 7. The third kappa shape index (κ3) is 4.03. The van der Waals surface area contributed by atoms with Gasteiger partial charge in [-0.05, 0) is 48.4 Å². The summed E-state index contributed by atoms with van der Waals surface area (Å²) in [5.74, 6) is 2.10. The Kier molecular flexibility index (Phi) is 5.75. The number of benzene rings is 3. The van der Waals surface area contributed by atoms with Crippen LogP contribution in [0.3, 0.4) is 0 Å². The fourth-order valence-corrected chi connectivity index (χ4v) is 3.34. The van der Waals surface area contributed by atoms with E-state index in [0.717, 1.165) is 22.9 Å². The minimum Gasteiger partial charge on any atom is -0.493 e. The molecule has 0 unspecified atom stereocenters. The molecule has 1 aromatic heterocycles. The van der Waals surface area contributed by atoms with E-state index in [2.05, 4.69) is 15.3 Å². The lowest BCUT2D eigenvalue weighted by molar-refractivity contribution is 0.354. The van der Waals surface area contributed by atoms with Crippen LogP contribution >= 0.6 is 0 Å². The van der Waals surface area contributed by atoms with E-state index in [1.54, 1.807) is 32.4 Å². The molecular formula is C24H22FN3O2. The van der Waals surface area contributed by atoms with E-state index < -0.39 is 0 Å². The zero-order valence-electron chi connectivity index (χ0n) is 16.9. The van der Waals surface area contributed by atoms with Gasteiger partial charge in [-0.25, -0.2) is 14.4 Å². The molecule has 0 aliphatic carbocycles. The number of ether oxygens (including phenoxy) is 2. The Bertz CT molecular complexity index is 1180. The minimum atomic E-state index is -0.343. The van der Waals surface area contributed by atoms with Crippen molar-refractivity contribution in [2.75, 3.05) is 26.1 Å². The second-order valence-electron chi connectivity index (χ2n) is 6.76. The maximum absolute atomic E-state index is 14.3. The number of aromatic nitrogens is 2. The van der Waals surface area contributed by atoms with Crippen LogP contribution in [0, 0.1) is 5.82 Å². The Morgan fingerprint density at radius 1 is 0.867 bits per heavy atom. The van der Waals surface area contributed by atoms with Crippen LogP contribution in [-0.2, 0) is 6.42 Å². The number of para-hydroxylation sites is 1. The first kappa shape index (κ1) is 19.6. The number of methoxy groups -OCH3 is 2. The number of nitrogens with zero attached hydrogens (tertiary/aromatic N) is 2. The summed E-state index contributed by atoms with van der Waals surface area (Å²) in [6.07, 6.45) is 0.758. The van der Waals surface area contributed by atoms with Crippen molar-refractivity contribution in [3.63, 3.8) is 0 Å². The van der Waals surface area contributed by atoms with Crippen molar-refractivity contribution in [2.45, 2.75) is 6.42 Å². The summed E-state index contributed by atoms with van der Waals surface area (Å²) >= 11 is 0. The molecule has 0 aliphatic heterocycles. The van der Waals surface area contributed by atoms with Gasteiger partial charge >= 0.3 is 0 Å². The molecule has 0 saturated heterocycles. The normalized spacial score (nSPS) is 10.8. The van der Waals surface area contributed by atoms with Gasteiger partial charge in [-0.1, -0.05) is 30.3 Å². The third-order valence-corrected chi connectivity index (χ3v) is 4.87. The Labute approximate surface area is 174 Å². The average molecular weight is 403 g/mol. The number of fused-ring (bicyclic) bond motifs is 1. The maximum Gasteiger partial charge on any atom is 0.165 e. The Hall–Kier alpha value is -3.67. The molecule has 0 radical (unpaired) electrons. The molecule has 0 saturated carbocycles. The van der Waals surface area contributed by atoms with Crippen molar-refractivity contribution in [3.05, 3.63) is 78.1 Å². The second kappa shape index (κ2) is 8.78. The molecule has 1 N–H and O–H groups in total. The van der Waals surface area contributed by atoms with Crippen LogP contribution in [0.5, 0.6) is 11.5 Å². The van der Waals surface area contributed by atoms with Gasteiger partial charge < -0.3 is 14.8 Å². The number of hydrogen-bond donors (Lipinski definition) is 1. The van der Waals surface area contributed by atoms with Crippen LogP contribution in [0.4, 0.5) is 10.2 Å². The summed E-state index contributed by atoms with van der Waals surface area (Å²) in [5.41, 5.74) is 2.25. The number of nitrogens with one attached hydrogen (secondary N) is 1. The fraction of sp³-hybridized carbons (Fsp3) is 0.167. The highest BCUT2D eigenvalue weighted by Crippen LogP contribution is 2.28. The monoisotopic (exact) mass is 403 g/mol. The van der Waals surface area contributed by atoms with Crippen molar-refractivity contribution in [1.29, 1.82) is 0 Å². The molecular weight excluding hydrogens is 381 g/mol. The number of hydrogen-bond acceptors (Lipinski definition) is 5. The van der Waals surface area contributed by atoms with Gasteiger partial charge in [-0.15, -0.1) is 0 Å². The van der Waals surface area contributed by atoms with Crippen molar-refractivity contribution in [1.82, 2.24) is 9.97 Å². The summed E-state index contributed by atoms with van der Waals surface area (Å²) in [6.45, 7) is 0.646. The van der Waals surface area contributed by atoms with Crippen LogP contribution < -0.4 is 14.8 Å². The molecule has 0 amide bonds. The molecule has 0 spiro atoms. The van der Waals surface area contributed by atoms with E-state index in [1.807, 2.05) is 42.5 Å². The predicted molar refractivity (Wildman–Crippen MR) is 117 cm³/mol. The number of anilines is 1. The van der Waals surface area contributed by atoms with E-state index in [1.165, 1.54) is 6.07 Å². The lowest BCUT2D eigenvalue weighted by Crippen LogP contribution is -2.08. The highest BCUT2D eigenvalue weighted by molar-refractivity contribution is 5.90. The lowest BCUT2D eigenvalue weighted by atomic mass is 10.1. The molecule has 6 heteroatoms. The van der Waals surface area contributed by atoms with Gasteiger partial charge in [-0.2, -0.15) is 0 Å². The maximum atomic E-state index is 14.3. The predicted octanol–water partition coefficient (Wildman–Crippen LogP) is 5.11. The topological polar surface area (TPSA) is 56.3 Å². The van der Waals surface area contributed by atoms with Crippen LogP contribution in [-0.4, -0.2) is 30.7 Å². The van der Waals surface area contributed by atoms with Crippen LogP contribution in [0.1, 0.15) is 5.56 Å². The summed E-state index contributed by atoms with van der Waals surface area (Å²) in [7, 11) is 3.24. The summed E-state index contributed by atoms with van der Waals surface area (Å²) in [5, 5.41) is 4.28. The third-order valence-electron chi connectivity index (χ3n) is 4.87. The fourth-order valence-electron chi connectivity index (χ4n) is 3.34. The van der Waals surface area contributed by atoms with Gasteiger partial charge in [0.1, 0.15) is 11.6 Å². The molecule has 0 bridgehead atoms. The molecule has 1 heterocycles. The molecule has 4 aromatic rings. The van der Waals surface area contributed by atoms with Gasteiger partial charge in [0.15, 0.2) is 17.3 Å². The zero-order chi connectivity index (χ0) is 20.9. The summed E-state index contributed by atoms with van der Waals surface area (Å²) in [4.78, 5) is 9.17. The van der Waals surface area contributed by atoms with E-state index in [4.69, 9.17) is 9.47 Å². The Balaban J connectivity index is 1.60. The molecule has 3 aromatic carbocycles. The van der Waals surface area contributed by atoms with Crippen molar-refractivity contribution in [2.24, 2.45) is 0 Å². The first-order valence-electron chi connectivity index (χ1n) is 9.66. The molecule has 0 atom stereocenters. The molecule has 0 aliphatic rings. The molecule has 30 heavy (non-hydrogen) atoms. The van der Waals surface area contributed by atoms with Crippen molar-refractivity contribution < 1.29 is 13.9 Å². The summed E-state index contributed by atoms with van der Waals surface area (Å²) in [6, 6.07) is 20.1. The molecule has 0 fully saturated rings. The molecule has 5 nitrogen and oxygen atoms in total.